The second-order valence-corrected chi connectivity index (χ2v) is 18.8. The van der Waals surface area contributed by atoms with Crippen LogP contribution in [0.3, 0.4) is 0 Å². The number of carbonyl (C=O) groups excluding carboxylic acids is 3. The molecule has 4 heterocycles. The predicted octanol–water partition coefficient (Wildman–Crippen LogP) is 9.41. The Morgan fingerprint density at radius 2 is 1.38 bits per heavy atom. The van der Waals surface area contributed by atoms with E-state index in [-0.39, 0.29) is 22.5 Å². The molecule has 0 saturated carbocycles. The highest BCUT2D eigenvalue weighted by Gasteiger charge is 2.55. The van der Waals surface area contributed by atoms with Crippen LogP contribution in [0.5, 0.6) is 0 Å². The van der Waals surface area contributed by atoms with Gasteiger partial charge in [-0.1, -0.05) is 169 Å². The van der Waals surface area contributed by atoms with E-state index in [4.69, 9.17) is 14.6 Å². The number of thioether (sulfide) groups is 1. The van der Waals surface area contributed by atoms with E-state index < -0.39 is 40.8 Å². The van der Waals surface area contributed by atoms with Gasteiger partial charge in [-0.05, 0) is 68.8 Å². The molecular weight excluding hydrogens is 929 g/mol. The van der Waals surface area contributed by atoms with Gasteiger partial charge in [-0.25, -0.2) is 9.78 Å². The average Bonchev–Trinajstić information content (AvgIpc) is 3.89. The van der Waals surface area contributed by atoms with Crippen molar-refractivity contribution in [2.75, 3.05) is 18.2 Å². The van der Waals surface area contributed by atoms with Gasteiger partial charge in [0, 0.05) is 30.1 Å². The Morgan fingerprint density at radius 3 is 1.97 bits per heavy atom. The number of nitrogens with zero attached hydrogens (tertiary/aromatic N) is 4. The molecule has 352 valence electrons. The first-order chi connectivity index (χ1) is 34.8. The standard InChI is InChI=1S/C57H46N6O6S2/c1-68-61-48(47-37-71-56(58-47)60-57(43-23-11-4-12-24-43,44-25-13-5-14-26-44)45-27-15-6-16-28-45)52(65)59-49-53(66)63-50(55(67)69-51(38-18-7-2-8-19-38)39-20-9-3-10-21-39)42(36-70-54(49)63)22-17-32-62-33-31-40-34-46(64)30-29-41(40)35-62/h2-31,33-35,37,49,51,54H,32,36H2,1H3,(H,58,60)(H,59,65)/b22-17+,61-48-. The first-order valence-corrected chi connectivity index (χ1v) is 24.8. The minimum atomic E-state index is -1.01. The summed E-state index contributed by atoms with van der Waals surface area (Å²) >= 11 is 2.73. The summed E-state index contributed by atoms with van der Waals surface area (Å²) in [4.78, 5) is 67.0. The average molecular weight is 975 g/mol. The van der Waals surface area contributed by atoms with Gasteiger partial charge < -0.3 is 24.8 Å². The number of aromatic nitrogens is 2. The highest BCUT2D eigenvalue weighted by molar-refractivity contribution is 8.00. The van der Waals surface area contributed by atoms with Crippen molar-refractivity contribution >= 4 is 51.7 Å². The lowest BCUT2D eigenvalue weighted by Crippen LogP contribution is -2.71. The Balaban J connectivity index is 0.926. The number of oxime groups is 1. The van der Waals surface area contributed by atoms with Gasteiger partial charge in [-0.2, -0.15) is 0 Å². The lowest BCUT2D eigenvalue weighted by Gasteiger charge is -2.49. The zero-order valence-corrected chi connectivity index (χ0v) is 40.0. The van der Waals surface area contributed by atoms with Gasteiger partial charge in [0.05, 0.1) is 0 Å². The number of allylic oxidation sites excluding steroid dienone is 2. The molecule has 4 aliphatic rings. The molecule has 1 saturated heterocycles. The summed E-state index contributed by atoms with van der Waals surface area (Å²) in [5, 5.41) is 12.4. The molecule has 71 heavy (non-hydrogen) atoms. The summed E-state index contributed by atoms with van der Waals surface area (Å²) in [7, 11) is 1.34. The second-order valence-electron chi connectivity index (χ2n) is 16.8. The van der Waals surface area contributed by atoms with Crippen molar-refractivity contribution in [1.29, 1.82) is 0 Å². The van der Waals surface area contributed by atoms with Crippen molar-refractivity contribution < 1.29 is 24.0 Å². The molecule has 6 aromatic rings. The third-order valence-corrected chi connectivity index (χ3v) is 14.5. The van der Waals surface area contributed by atoms with Crippen LogP contribution in [0, 0.1) is 0 Å². The fourth-order valence-corrected chi connectivity index (χ4v) is 11.1. The van der Waals surface area contributed by atoms with Crippen molar-refractivity contribution in [3.05, 3.63) is 261 Å². The number of esters is 1. The first-order valence-electron chi connectivity index (χ1n) is 22.9. The number of β-lactam (4-membered cyclic amide) rings is 1. The minimum absolute atomic E-state index is 0.0577. The molecule has 2 unspecified atom stereocenters. The highest BCUT2D eigenvalue weighted by atomic mass is 32.2. The Bertz CT molecular complexity index is 3170. The molecule has 2 atom stereocenters. The van der Waals surface area contributed by atoms with Crippen LogP contribution < -0.4 is 16.1 Å². The maximum atomic E-state index is 14.7. The minimum Gasteiger partial charge on any atom is -0.448 e. The van der Waals surface area contributed by atoms with Crippen LogP contribution in [0.15, 0.2) is 227 Å². The van der Waals surface area contributed by atoms with Crippen molar-refractivity contribution in [3.8, 4) is 11.1 Å². The number of pyridine rings is 1. The van der Waals surface area contributed by atoms with Crippen LogP contribution >= 0.6 is 23.1 Å². The third-order valence-electron chi connectivity index (χ3n) is 12.4. The van der Waals surface area contributed by atoms with E-state index >= 15 is 0 Å². The number of ether oxygens (including phenoxy) is 1. The number of hydrogen-bond donors (Lipinski definition) is 2. The molecule has 5 aromatic carbocycles. The Morgan fingerprint density at radius 1 is 0.789 bits per heavy atom. The fraction of sp³-hybridized carbons (Fsp3) is 0.123. The zero-order chi connectivity index (χ0) is 48.7. The topological polar surface area (TPSA) is 144 Å². The summed E-state index contributed by atoms with van der Waals surface area (Å²) < 4.78 is 8.35. The molecule has 1 aromatic heterocycles. The molecule has 12 nitrogen and oxygen atoms in total. The zero-order valence-electron chi connectivity index (χ0n) is 38.3. The van der Waals surface area contributed by atoms with Gasteiger partial charge in [0.25, 0.3) is 11.8 Å². The van der Waals surface area contributed by atoms with Crippen molar-refractivity contribution in [2.45, 2.75) is 29.6 Å². The van der Waals surface area contributed by atoms with Crippen LogP contribution in [0.2, 0.25) is 0 Å². The van der Waals surface area contributed by atoms with Gasteiger partial charge in [0.15, 0.2) is 22.4 Å². The maximum Gasteiger partial charge on any atom is 0.356 e. The number of amides is 2. The summed E-state index contributed by atoms with van der Waals surface area (Å²) in [5.41, 5.74) is 6.09. The molecule has 2 amide bonds. The van der Waals surface area contributed by atoms with E-state index in [1.807, 2.05) is 150 Å². The number of hydrogen-bond acceptors (Lipinski definition) is 11. The smallest absolute Gasteiger partial charge is 0.356 e. The van der Waals surface area contributed by atoms with Gasteiger partial charge in [-0.15, -0.1) is 23.1 Å². The number of thiazole rings is 1. The molecule has 0 bridgehead atoms. The lowest BCUT2D eigenvalue weighted by molar-refractivity contribution is -0.154. The molecule has 1 aliphatic carbocycles. The predicted molar refractivity (Wildman–Crippen MR) is 278 cm³/mol. The number of fused-ring (bicyclic) bond motifs is 2. The number of nitrogens with one attached hydrogen (secondary N) is 2. The lowest BCUT2D eigenvalue weighted by atomic mass is 9.77. The van der Waals surface area contributed by atoms with Crippen LogP contribution in [-0.4, -0.2) is 62.2 Å². The SMILES string of the molecule is CO/N=C(\C(=O)NC1C(=O)N2C(C(=O)OC(c3ccccc3)c3ccccc3)=C(/C=C/Cn3ccc4cc(=O)ccc-4c3)CSC12)c1csc(NC(c2ccccc2)(c2ccccc2)c2ccccc2)n1. The normalized spacial score (nSPS) is 15.9. The van der Waals surface area contributed by atoms with E-state index in [1.165, 1.54) is 41.2 Å². The molecule has 3 aliphatic heterocycles. The highest BCUT2D eigenvalue weighted by Crippen LogP contribution is 2.43. The summed E-state index contributed by atoms with van der Waals surface area (Å²) in [6, 6.07) is 55.0. The maximum absolute atomic E-state index is 14.7. The van der Waals surface area contributed by atoms with Gasteiger partial charge in [0.2, 0.25) is 0 Å². The molecule has 10 rings (SSSR count). The molecule has 0 radical (unpaired) electrons. The Kier molecular flexibility index (Phi) is 13.5. The Labute approximate surface area is 418 Å². The second kappa shape index (κ2) is 20.7. The molecule has 0 spiro atoms. The van der Waals surface area contributed by atoms with E-state index in [1.54, 1.807) is 17.5 Å². The van der Waals surface area contributed by atoms with Gasteiger partial charge >= 0.3 is 5.97 Å². The van der Waals surface area contributed by atoms with Crippen molar-refractivity contribution in [3.63, 3.8) is 0 Å². The van der Waals surface area contributed by atoms with E-state index in [2.05, 4.69) is 52.2 Å². The quantitative estimate of drug-likeness (QED) is 0.0318. The van der Waals surface area contributed by atoms with Crippen LogP contribution in [0.4, 0.5) is 5.13 Å². The number of anilines is 1. The fourth-order valence-electron chi connectivity index (χ4n) is 9.04. The van der Waals surface area contributed by atoms with Crippen molar-refractivity contribution in [2.24, 2.45) is 5.16 Å². The van der Waals surface area contributed by atoms with Crippen LogP contribution in [-0.2, 0) is 36.0 Å². The first kappa shape index (κ1) is 46.4. The summed E-state index contributed by atoms with van der Waals surface area (Å²) in [6.45, 7) is 0.444. The van der Waals surface area contributed by atoms with E-state index in [0.717, 1.165) is 38.9 Å². The molecule has 2 N–H and O–H groups in total. The van der Waals surface area contributed by atoms with Crippen LogP contribution in [0.25, 0.3) is 11.1 Å². The number of rotatable bonds is 16. The van der Waals surface area contributed by atoms with E-state index in [0.29, 0.717) is 23.0 Å². The largest absolute Gasteiger partial charge is 0.448 e. The Hall–Kier alpha value is -8.33. The third kappa shape index (κ3) is 9.55. The molecule has 14 heteroatoms. The van der Waals surface area contributed by atoms with Gasteiger partial charge in [-0.3, -0.25) is 19.3 Å². The number of carbonyl (C=O) groups is 3. The summed E-state index contributed by atoms with van der Waals surface area (Å²) in [6.07, 6.45) is 6.82. The van der Waals surface area contributed by atoms with E-state index in [9.17, 15) is 19.2 Å². The molecule has 1 fully saturated rings. The summed E-state index contributed by atoms with van der Waals surface area (Å²) in [5.74, 6) is -1.50. The van der Waals surface area contributed by atoms with Crippen molar-refractivity contribution in [1.82, 2.24) is 19.8 Å². The molecular formula is C57H46N6O6S2. The van der Waals surface area contributed by atoms with Crippen LogP contribution in [0.1, 0.15) is 39.6 Å². The van der Waals surface area contributed by atoms with Gasteiger partial charge in [0.1, 0.15) is 35.5 Å². The number of benzene rings is 6. The monoisotopic (exact) mass is 974 g/mol.